The summed E-state index contributed by atoms with van der Waals surface area (Å²) in [6.07, 6.45) is 1.43. The van der Waals surface area contributed by atoms with Gasteiger partial charge in [-0.2, -0.15) is 0 Å². The van der Waals surface area contributed by atoms with Gasteiger partial charge in [-0.1, -0.05) is 12.1 Å². The van der Waals surface area contributed by atoms with Gasteiger partial charge in [-0.15, -0.1) is 22.7 Å². The number of hydrogen-bond acceptors (Lipinski definition) is 6. The first-order valence-corrected chi connectivity index (χ1v) is 11.9. The molecule has 0 saturated carbocycles. The summed E-state index contributed by atoms with van der Waals surface area (Å²) in [5.41, 5.74) is 0. The normalized spacial score (nSPS) is 19.3. The van der Waals surface area contributed by atoms with Gasteiger partial charge in [0.1, 0.15) is 0 Å². The molecule has 1 aliphatic rings. The van der Waals surface area contributed by atoms with Gasteiger partial charge in [0.25, 0.3) is 0 Å². The zero-order valence-electron chi connectivity index (χ0n) is 13.9. The Kier molecular flexibility index (Phi) is 6.27. The monoisotopic (exact) mass is 398 g/mol. The van der Waals surface area contributed by atoms with E-state index >= 15 is 0 Å². The fourth-order valence-electron chi connectivity index (χ4n) is 3.00. The van der Waals surface area contributed by atoms with Crippen LogP contribution in [0.4, 0.5) is 0 Å². The SMILES string of the molecule is O=C(CN(Cc1cccs1)[C@H]1CCS(=O)(=O)C1)NCCc1cccs1. The summed E-state index contributed by atoms with van der Waals surface area (Å²) in [4.78, 5) is 16.7. The molecule has 1 aliphatic heterocycles. The van der Waals surface area contributed by atoms with Crippen molar-refractivity contribution in [1.82, 2.24) is 10.2 Å². The van der Waals surface area contributed by atoms with E-state index in [-0.39, 0.29) is 30.0 Å². The second-order valence-electron chi connectivity index (χ2n) is 6.22. The highest BCUT2D eigenvalue weighted by atomic mass is 32.2. The van der Waals surface area contributed by atoms with E-state index in [1.807, 2.05) is 33.9 Å². The largest absolute Gasteiger partial charge is 0.355 e. The number of sulfone groups is 1. The molecule has 0 aromatic carbocycles. The summed E-state index contributed by atoms with van der Waals surface area (Å²) in [5, 5.41) is 6.98. The van der Waals surface area contributed by atoms with Crippen LogP contribution >= 0.6 is 22.7 Å². The fraction of sp³-hybridized carbons (Fsp3) is 0.471. The molecule has 1 amide bonds. The third kappa shape index (κ3) is 5.64. The van der Waals surface area contributed by atoms with Crippen LogP contribution in [0.2, 0.25) is 0 Å². The van der Waals surface area contributed by atoms with Crippen LogP contribution in [-0.2, 0) is 27.6 Å². The summed E-state index contributed by atoms with van der Waals surface area (Å²) < 4.78 is 23.6. The van der Waals surface area contributed by atoms with Crippen LogP contribution in [0.15, 0.2) is 35.0 Å². The van der Waals surface area contributed by atoms with Crippen molar-refractivity contribution >= 4 is 38.4 Å². The van der Waals surface area contributed by atoms with Crippen molar-refractivity contribution in [3.63, 3.8) is 0 Å². The van der Waals surface area contributed by atoms with Crippen molar-refractivity contribution in [2.24, 2.45) is 0 Å². The van der Waals surface area contributed by atoms with Crippen molar-refractivity contribution in [1.29, 1.82) is 0 Å². The molecule has 0 aliphatic carbocycles. The van der Waals surface area contributed by atoms with Gasteiger partial charge in [-0.25, -0.2) is 8.42 Å². The molecule has 25 heavy (non-hydrogen) atoms. The highest BCUT2D eigenvalue weighted by Crippen LogP contribution is 2.21. The molecular weight excluding hydrogens is 376 g/mol. The number of rotatable bonds is 8. The van der Waals surface area contributed by atoms with Crippen molar-refractivity contribution in [3.05, 3.63) is 44.8 Å². The maximum Gasteiger partial charge on any atom is 0.234 e. The van der Waals surface area contributed by atoms with E-state index in [1.165, 1.54) is 4.88 Å². The number of carbonyl (C=O) groups excluding carboxylic acids is 1. The lowest BCUT2D eigenvalue weighted by atomic mass is 10.2. The zero-order valence-corrected chi connectivity index (χ0v) is 16.3. The first kappa shape index (κ1) is 18.6. The summed E-state index contributed by atoms with van der Waals surface area (Å²) in [5.74, 6) is 0.330. The Bertz CT molecular complexity index is 770. The molecule has 3 heterocycles. The molecular formula is C17H22N2O3S3. The first-order valence-electron chi connectivity index (χ1n) is 8.28. The van der Waals surface area contributed by atoms with Crippen LogP contribution in [0.3, 0.4) is 0 Å². The lowest BCUT2D eigenvalue weighted by molar-refractivity contribution is -0.122. The zero-order chi connectivity index (χ0) is 17.7. The molecule has 1 saturated heterocycles. The second-order valence-corrected chi connectivity index (χ2v) is 10.5. The van der Waals surface area contributed by atoms with Crippen LogP contribution in [0, 0.1) is 0 Å². The number of amides is 1. The highest BCUT2D eigenvalue weighted by molar-refractivity contribution is 7.91. The third-order valence-electron chi connectivity index (χ3n) is 4.28. The third-order valence-corrected chi connectivity index (χ3v) is 7.83. The van der Waals surface area contributed by atoms with Gasteiger partial charge >= 0.3 is 0 Å². The quantitative estimate of drug-likeness (QED) is 0.740. The molecule has 1 atom stereocenters. The number of hydrogen-bond donors (Lipinski definition) is 1. The fourth-order valence-corrected chi connectivity index (χ4v) is 6.20. The molecule has 1 N–H and O–H groups in total. The molecule has 0 unspecified atom stereocenters. The summed E-state index contributed by atoms with van der Waals surface area (Å²) in [6, 6.07) is 7.99. The lowest BCUT2D eigenvalue weighted by Gasteiger charge is -2.26. The molecule has 5 nitrogen and oxygen atoms in total. The average molecular weight is 399 g/mol. The van der Waals surface area contributed by atoms with E-state index in [2.05, 4.69) is 11.4 Å². The maximum atomic E-state index is 12.3. The predicted octanol–water partition coefficient (Wildman–Crippen LogP) is 2.16. The molecule has 0 spiro atoms. The van der Waals surface area contributed by atoms with Crippen LogP contribution in [-0.4, -0.2) is 49.9 Å². The molecule has 3 rings (SSSR count). The van der Waals surface area contributed by atoms with Gasteiger partial charge in [0.2, 0.25) is 5.91 Å². The minimum absolute atomic E-state index is 0.0441. The Labute approximate surface area is 156 Å². The smallest absolute Gasteiger partial charge is 0.234 e. The van der Waals surface area contributed by atoms with Crippen molar-refractivity contribution in [2.75, 3.05) is 24.6 Å². The molecule has 8 heteroatoms. The average Bonchev–Trinajstić information content (AvgIpc) is 3.28. The molecule has 136 valence electrons. The summed E-state index contributed by atoms with van der Waals surface area (Å²) >= 11 is 3.32. The molecule has 2 aromatic heterocycles. The number of nitrogens with one attached hydrogen (secondary N) is 1. The number of carbonyl (C=O) groups is 1. The van der Waals surface area contributed by atoms with Gasteiger partial charge in [-0.3, -0.25) is 9.69 Å². The number of nitrogens with zero attached hydrogens (tertiary/aromatic N) is 1. The topological polar surface area (TPSA) is 66.5 Å². The molecule has 0 bridgehead atoms. The summed E-state index contributed by atoms with van der Waals surface area (Å²) in [6.45, 7) is 1.47. The van der Waals surface area contributed by atoms with E-state index in [4.69, 9.17) is 0 Å². The Morgan fingerprint density at radius 1 is 1.20 bits per heavy atom. The van der Waals surface area contributed by atoms with E-state index in [1.54, 1.807) is 22.7 Å². The van der Waals surface area contributed by atoms with Crippen molar-refractivity contribution < 1.29 is 13.2 Å². The lowest BCUT2D eigenvalue weighted by Crippen LogP contribution is -2.43. The van der Waals surface area contributed by atoms with Crippen LogP contribution in [0.1, 0.15) is 16.2 Å². The van der Waals surface area contributed by atoms with Gasteiger partial charge in [0.15, 0.2) is 9.84 Å². The number of thiophene rings is 2. The van der Waals surface area contributed by atoms with Crippen molar-refractivity contribution in [3.8, 4) is 0 Å². The van der Waals surface area contributed by atoms with Crippen LogP contribution < -0.4 is 5.32 Å². The van der Waals surface area contributed by atoms with Crippen LogP contribution in [0.25, 0.3) is 0 Å². The van der Waals surface area contributed by atoms with E-state index in [9.17, 15) is 13.2 Å². The van der Waals surface area contributed by atoms with E-state index < -0.39 is 9.84 Å². The molecule has 0 radical (unpaired) electrons. The molecule has 2 aromatic rings. The van der Waals surface area contributed by atoms with Gasteiger partial charge in [-0.05, 0) is 35.7 Å². The highest BCUT2D eigenvalue weighted by Gasteiger charge is 2.33. The van der Waals surface area contributed by atoms with E-state index in [0.717, 1.165) is 11.3 Å². The van der Waals surface area contributed by atoms with Gasteiger partial charge < -0.3 is 5.32 Å². The van der Waals surface area contributed by atoms with Gasteiger partial charge in [0, 0.05) is 28.9 Å². The standard InChI is InChI=1S/C17H22N2O3S3/c20-17(18-7-5-15-3-1-8-23-15)12-19(11-16-4-2-9-24-16)14-6-10-25(21,22)13-14/h1-4,8-9,14H,5-7,10-13H2,(H,18,20)/t14-/m0/s1. The van der Waals surface area contributed by atoms with Crippen LogP contribution in [0.5, 0.6) is 0 Å². The predicted molar refractivity (Wildman–Crippen MR) is 103 cm³/mol. The first-order chi connectivity index (χ1) is 12.0. The second kappa shape index (κ2) is 8.44. The van der Waals surface area contributed by atoms with Crippen molar-refractivity contribution in [2.45, 2.75) is 25.4 Å². The Morgan fingerprint density at radius 2 is 1.92 bits per heavy atom. The Balaban J connectivity index is 1.55. The molecule has 1 fully saturated rings. The summed E-state index contributed by atoms with van der Waals surface area (Å²) in [7, 11) is -2.97. The minimum Gasteiger partial charge on any atom is -0.355 e. The van der Waals surface area contributed by atoms with Gasteiger partial charge in [0.05, 0.1) is 18.1 Å². The Morgan fingerprint density at radius 3 is 2.52 bits per heavy atom. The minimum atomic E-state index is -2.97. The Hall–Kier alpha value is -1.22. The van der Waals surface area contributed by atoms with E-state index in [0.29, 0.717) is 19.5 Å². The maximum absolute atomic E-state index is 12.3.